The number of carbonyl (C=O) groups excluding carboxylic acids is 1. The lowest BCUT2D eigenvalue weighted by Crippen LogP contribution is -2.25. The highest BCUT2D eigenvalue weighted by Gasteiger charge is 2.18. The van der Waals surface area contributed by atoms with Crippen molar-refractivity contribution in [2.75, 3.05) is 7.05 Å². The molecule has 0 aliphatic heterocycles. The molecule has 2 aromatic heterocycles. The van der Waals surface area contributed by atoms with Gasteiger partial charge in [-0.2, -0.15) is 5.10 Å². The van der Waals surface area contributed by atoms with E-state index in [0.29, 0.717) is 6.54 Å². The number of rotatable bonds is 4. The molecule has 0 aliphatic rings. The van der Waals surface area contributed by atoms with Crippen LogP contribution in [-0.4, -0.2) is 32.2 Å². The van der Waals surface area contributed by atoms with Crippen molar-refractivity contribution < 1.29 is 4.79 Å². The molecule has 0 unspecified atom stereocenters. The summed E-state index contributed by atoms with van der Waals surface area (Å²) in [5.41, 5.74) is 3.77. The normalized spacial score (nSPS) is 11.0. The number of fused-ring (bicyclic) bond motifs is 1. The Bertz CT molecular complexity index is 1060. The van der Waals surface area contributed by atoms with Crippen LogP contribution in [0.5, 0.6) is 0 Å². The van der Waals surface area contributed by atoms with E-state index >= 15 is 0 Å². The Hall–Kier alpha value is -3.34. The molecule has 0 bridgehead atoms. The van der Waals surface area contributed by atoms with Gasteiger partial charge in [0.25, 0.3) is 5.91 Å². The number of hydrogen-bond acceptors (Lipinski definition) is 2. The van der Waals surface area contributed by atoms with Gasteiger partial charge in [-0.05, 0) is 18.2 Å². The smallest absolute Gasteiger partial charge is 0.256 e. The largest absolute Gasteiger partial charge is 0.350 e. The lowest BCUT2D eigenvalue weighted by molar-refractivity contribution is 0.0787. The molecule has 2 heterocycles. The van der Waals surface area contributed by atoms with Crippen LogP contribution in [0.2, 0.25) is 0 Å². The summed E-state index contributed by atoms with van der Waals surface area (Å²) < 4.78 is 3.81. The number of hydrogen-bond donors (Lipinski definition) is 0. The SMILES string of the molecule is CN(Cc1cnn(-c2ccccc2)c1)C(=O)c1cn(C)c2ccccc12. The third-order valence-electron chi connectivity index (χ3n) is 4.55. The van der Waals surface area contributed by atoms with Gasteiger partial charge in [0.1, 0.15) is 0 Å². The van der Waals surface area contributed by atoms with Gasteiger partial charge in [0.15, 0.2) is 0 Å². The molecule has 0 atom stereocenters. The molecule has 5 heteroatoms. The molecule has 0 saturated carbocycles. The summed E-state index contributed by atoms with van der Waals surface area (Å²) >= 11 is 0. The second-order valence-electron chi connectivity index (χ2n) is 6.46. The van der Waals surface area contributed by atoms with Crippen LogP contribution in [0.1, 0.15) is 15.9 Å². The molecule has 0 radical (unpaired) electrons. The Morgan fingerprint density at radius 2 is 1.77 bits per heavy atom. The van der Waals surface area contributed by atoms with Crippen molar-refractivity contribution in [3.8, 4) is 5.69 Å². The quantitative estimate of drug-likeness (QED) is 0.567. The molecule has 26 heavy (non-hydrogen) atoms. The Balaban J connectivity index is 1.55. The molecular weight excluding hydrogens is 324 g/mol. The van der Waals surface area contributed by atoms with Crippen molar-refractivity contribution in [3.05, 3.63) is 84.3 Å². The van der Waals surface area contributed by atoms with Crippen LogP contribution in [0, 0.1) is 0 Å². The van der Waals surface area contributed by atoms with Gasteiger partial charge in [0.05, 0.1) is 17.4 Å². The second kappa shape index (κ2) is 6.52. The Labute approximate surface area is 152 Å². The predicted molar refractivity (Wildman–Crippen MR) is 102 cm³/mol. The van der Waals surface area contributed by atoms with Crippen LogP contribution in [0.25, 0.3) is 16.6 Å². The molecule has 130 valence electrons. The highest BCUT2D eigenvalue weighted by molar-refractivity contribution is 6.06. The van der Waals surface area contributed by atoms with E-state index in [1.54, 1.807) is 11.1 Å². The van der Waals surface area contributed by atoms with Gasteiger partial charge in [-0.25, -0.2) is 4.68 Å². The van der Waals surface area contributed by atoms with E-state index in [0.717, 1.165) is 27.7 Å². The van der Waals surface area contributed by atoms with Gasteiger partial charge in [-0.15, -0.1) is 0 Å². The van der Waals surface area contributed by atoms with Crippen molar-refractivity contribution >= 4 is 16.8 Å². The minimum atomic E-state index is 0.00858. The number of para-hydroxylation sites is 2. The fourth-order valence-electron chi connectivity index (χ4n) is 3.23. The summed E-state index contributed by atoms with van der Waals surface area (Å²) in [6.07, 6.45) is 5.67. The van der Waals surface area contributed by atoms with E-state index in [-0.39, 0.29) is 5.91 Å². The highest BCUT2D eigenvalue weighted by atomic mass is 16.2. The minimum Gasteiger partial charge on any atom is -0.350 e. The number of aryl methyl sites for hydroxylation is 1. The van der Waals surface area contributed by atoms with E-state index in [1.165, 1.54) is 0 Å². The van der Waals surface area contributed by atoms with Gasteiger partial charge < -0.3 is 9.47 Å². The number of aromatic nitrogens is 3. The molecule has 4 rings (SSSR count). The van der Waals surface area contributed by atoms with Crippen LogP contribution in [0.15, 0.2) is 73.2 Å². The van der Waals surface area contributed by atoms with Gasteiger partial charge in [0.2, 0.25) is 0 Å². The van der Waals surface area contributed by atoms with Crippen LogP contribution < -0.4 is 0 Å². The summed E-state index contributed by atoms with van der Waals surface area (Å²) in [5, 5.41) is 5.38. The van der Waals surface area contributed by atoms with Crippen LogP contribution in [0.4, 0.5) is 0 Å². The van der Waals surface area contributed by atoms with Crippen molar-refractivity contribution in [2.24, 2.45) is 7.05 Å². The van der Waals surface area contributed by atoms with Crippen LogP contribution in [0.3, 0.4) is 0 Å². The van der Waals surface area contributed by atoms with Crippen molar-refractivity contribution in [3.63, 3.8) is 0 Å². The fraction of sp³-hybridized carbons (Fsp3) is 0.143. The maximum absolute atomic E-state index is 12.9. The standard InChI is InChI=1S/C21H20N4O/c1-23-15-19(18-10-6-7-11-20(18)23)21(26)24(2)13-16-12-22-25(14-16)17-8-4-3-5-9-17/h3-12,14-15H,13H2,1-2H3. The average Bonchev–Trinajstić information content (AvgIpc) is 3.27. The topological polar surface area (TPSA) is 43.1 Å². The first-order valence-electron chi connectivity index (χ1n) is 8.52. The third kappa shape index (κ3) is 2.88. The third-order valence-corrected chi connectivity index (χ3v) is 4.55. The van der Waals surface area contributed by atoms with Crippen molar-refractivity contribution in [1.82, 2.24) is 19.2 Å². The predicted octanol–water partition coefficient (Wildman–Crippen LogP) is 3.64. The minimum absolute atomic E-state index is 0.00858. The van der Waals surface area contributed by atoms with E-state index in [2.05, 4.69) is 5.10 Å². The molecule has 1 amide bonds. The zero-order chi connectivity index (χ0) is 18.1. The molecule has 4 aromatic rings. The van der Waals surface area contributed by atoms with E-state index < -0.39 is 0 Å². The van der Waals surface area contributed by atoms with Gasteiger partial charge in [-0.3, -0.25) is 4.79 Å². The zero-order valence-corrected chi connectivity index (χ0v) is 14.8. The molecule has 2 aromatic carbocycles. The number of carbonyl (C=O) groups is 1. The fourth-order valence-corrected chi connectivity index (χ4v) is 3.23. The van der Waals surface area contributed by atoms with Gasteiger partial charge >= 0.3 is 0 Å². The maximum Gasteiger partial charge on any atom is 0.256 e. The van der Waals surface area contributed by atoms with Gasteiger partial charge in [0, 0.05) is 49.5 Å². The van der Waals surface area contributed by atoms with Crippen molar-refractivity contribution in [1.29, 1.82) is 0 Å². The second-order valence-corrected chi connectivity index (χ2v) is 6.46. The maximum atomic E-state index is 12.9. The summed E-state index contributed by atoms with van der Waals surface area (Å²) in [6.45, 7) is 0.509. The molecule has 0 aliphatic carbocycles. The first-order valence-corrected chi connectivity index (χ1v) is 8.52. The zero-order valence-electron chi connectivity index (χ0n) is 14.8. The highest BCUT2D eigenvalue weighted by Crippen LogP contribution is 2.22. The molecule has 5 nitrogen and oxygen atoms in total. The molecular formula is C21H20N4O. The van der Waals surface area contributed by atoms with E-state index in [9.17, 15) is 4.79 Å². The van der Waals surface area contributed by atoms with Crippen LogP contribution >= 0.6 is 0 Å². The lowest BCUT2D eigenvalue weighted by Gasteiger charge is -2.15. The molecule has 0 fully saturated rings. The Morgan fingerprint density at radius 3 is 2.58 bits per heavy atom. The molecule has 0 N–H and O–H groups in total. The van der Waals surface area contributed by atoms with E-state index in [1.807, 2.05) is 90.3 Å². The first kappa shape index (κ1) is 16.1. The average molecular weight is 344 g/mol. The number of benzene rings is 2. The summed E-state index contributed by atoms with van der Waals surface area (Å²) in [7, 11) is 3.78. The Kier molecular flexibility index (Phi) is 4.05. The Morgan fingerprint density at radius 1 is 1.04 bits per heavy atom. The van der Waals surface area contributed by atoms with Gasteiger partial charge in [-0.1, -0.05) is 36.4 Å². The van der Waals surface area contributed by atoms with Crippen molar-refractivity contribution in [2.45, 2.75) is 6.54 Å². The molecule has 0 saturated heterocycles. The first-order chi connectivity index (χ1) is 12.6. The molecule has 0 spiro atoms. The van der Waals surface area contributed by atoms with Crippen LogP contribution in [-0.2, 0) is 13.6 Å². The summed E-state index contributed by atoms with van der Waals surface area (Å²) in [6, 6.07) is 17.9. The lowest BCUT2D eigenvalue weighted by atomic mass is 10.1. The summed E-state index contributed by atoms with van der Waals surface area (Å²) in [4.78, 5) is 14.7. The van der Waals surface area contributed by atoms with E-state index in [4.69, 9.17) is 0 Å². The monoisotopic (exact) mass is 344 g/mol. The number of nitrogens with zero attached hydrogens (tertiary/aromatic N) is 4. The summed E-state index contributed by atoms with van der Waals surface area (Å²) in [5.74, 6) is 0.00858. The number of amides is 1.